The molecule has 2 N–H and O–H groups in total. The fraction of sp³-hybridized carbons (Fsp3) is 0.278. The maximum atomic E-state index is 12.2. The fourth-order valence-corrected chi connectivity index (χ4v) is 2.59. The number of H-pyrrole nitrogens is 1. The summed E-state index contributed by atoms with van der Waals surface area (Å²) in [6, 6.07) is 10.1. The average molecular weight is 325 g/mol. The van der Waals surface area contributed by atoms with Crippen molar-refractivity contribution in [3.63, 3.8) is 0 Å². The van der Waals surface area contributed by atoms with Crippen LogP contribution in [0, 0.1) is 5.92 Å². The summed E-state index contributed by atoms with van der Waals surface area (Å²) in [6.45, 7) is 4.61. The highest BCUT2D eigenvalue weighted by molar-refractivity contribution is 5.79. The summed E-state index contributed by atoms with van der Waals surface area (Å²) in [5.74, 6) is 0.519. The minimum absolute atomic E-state index is 0.102. The van der Waals surface area contributed by atoms with Crippen LogP contribution in [-0.2, 0) is 6.54 Å². The zero-order valence-electron chi connectivity index (χ0n) is 13.6. The summed E-state index contributed by atoms with van der Waals surface area (Å²) < 4.78 is 1.49. The van der Waals surface area contributed by atoms with Crippen molar-refractivity contribution in [3.8, 4) is 17.0 Å². The van der Waals surface area contributed by atoms with Crippen LogP contribution in [0.5, 0.6) is 5.75 Å². The number of hydrogen-bond donors (Lipinski definition) is 2. The Morgan fingerprint density at radius 3 is 2.62 bits per heavy atom. The lowest BCUT2D eigenvalue weighted by atomic mass is 10.1. The number of pyridine rings is 1. The highest BCUT2D eigenvalue weighted by atomic mass is 16.3. The second-order valence-corrected chi connectivity index (χ2v) is 6.18. The summed E-state index contributed by atoms with van der Waals surface area (Å²) >= 11 is 0. The first-order valence-corrected chi connectivity index (χ1v) is 7.89. The van der Waals surface area contributed by atoms with Crippen molar-refractivity contribution in [1.29, 1.82) is 0 Å². The molecule has 0 aliphatic rings. The molecule has 0 spiro atoms. The Labute approximate surface area is 138 Å². The SMILES string of the molecule is CC(C)CCn1c(=O)[nH]c(=O)c2ccc(-c3ccccc3O)nc21. The van der Waals surface area contributed by atoms with Crippen LogP contribution < -0.4 is 11.2 Å². The number of nitrogens with one attached hydrogen (secondary N) is 1. The van der Waals surface area contributed by atoms with Gasteiger partial charge in [-0.25, -0.2) is 9.78 Å². The molecule has 2 aromatic heterocycles. The third-order valence-electron chi connectivity index (χ3n) is 3.95. The monoisotopic (exact) mass is 325 g/mol. The van der Waals surface area contributed by atoms with E-state index in [2.05, 4.69) is 23.8 Å². The predicted molar refractivity (Wildman–Crippen MR) is 93.2 cm³/mol. The molecule has 3 aromatic rings. The maximum absolute atomic E-state index is 12.2. The van der Waals surface area contributed by atoms with E-state index in [1.165, 1.54) is 4.57 Å². The molecule has 0 aliphatic heterocycles. The number of aromatic hydroxyl groups is 1. The number of hydrogen-bond acceptors (Lipinski definition) is 4. The Kier molecular flexibility index (Phi) is 4.20. The molecular weight excluding hydrogens is 306 g/mol. The molecule has 124 valence electrons. The number of fused-ring (bicyclic) bond motifs is 1. The number of aryl methyl sites for hydroxylation is 1. The Morgan fingerprint density at radius 2 is 1.92 bits per heavy atom. The number of nitrogens with zero attached hydrogens (tertiary/aromatic N) is 2. The van der Waals surface area contributed by atoms with E-state index >= 15 is 0 Å². The smallest absolute Gasteiger partial charge is 0.329 e. The summed E-state index contributed by atoms with van der Waals surface area (Å²) in [5, 5.41) is 10.4. The van der Waals surface area contributed by atoms with Gasteiger partial charge in [0, 0.05) is 12.1 Å². The molecule has 6 nitrogen and oxygen atoms in total. The van der Waals surface area contributed by atoms with Gasteiger partial charge < -0.3 is 5.11 Å². The molecule has 0 amide bonds. The molecule has 2 heterocycles. The number of phenols is 1. The largest absolute Gasteiger partial charge is 0.507 e. The molecule has 1 aromatic carbocycles. The molecule has 24 heavy (non-hydrogen) atoms. The number of aromatic amines is 1. The van der Waals surface area contributed by atoms with Crippen molar-refractivity contribution in [2.24, 2.45) is 5.92 Å². The topological polar surface area (TPSA) is 88.0 Å². The summed E-state index contributed by atoms with van der Waals surface area (Å²) in [7, 11) is 0. The number of aromatic nitrogens is 3. The van der Waals surface area contributed by atoms with Crippen molar-refractivity contribution >= 4 is 11.0 Å². The van der Waals surface area contributed by atoms with Crippen molar-refractivity contribution < 1.29 is 5.11 Å². The van der Waals surface area contributed by atoms with Gasteiger partial charge in [0.15, 0.2) is 0 Å². The lowest BCUT2D eigenvalue weighted by molar-refractivity contribution is 0.477. The zero-order chi connectivity index (χ0) is 17.3. The lowest BCUT2D eigenvalue weighted by Gasteiger charge is -2.11. The van der Waals surface area contributed by atoms with Gasteiger partial charge in [0.25, 0.3) is 5.56 Å². The predicted octanol–water partition coefficient (Wildman–Crippen LogP) is 2.50. The molecular formula is C18H19N3O3. The molecule has 0 fully saturated rings. The van der Waals surface area contributed by atoms with Gasteiger partial charge in [-0.2, -0.15) is 0 Å². The fourth-order valence-electron chi connectivity index (χ4n) is 2.59. The van der Waals surface area contributed by atoms with Crippen LogP contribution in [0.1, 0.15) is 20.3 Å². The highest BCUT2D eigenvalue weighted by Crippen LogP contribution is 2.27. The molecule has 0 bridgehead atoms. The minimum Gasteiger partial charge on any atom is -0.507 e. The van der Waals surface area contributed by atoms with Crippen molar-refractivity contribution in [1.82, 2.24) is 14.5 Å². The number of para-hydroxylation sites is 1. The minimum atomic E-state index is -0.463. The van der Waals surface area contributed by atoms with E-state index < -0.39 is 11.2 Å². The van der Waals surface area contributed by atoms with Crippen LogP contribution in [0.4, 0.5) is 0 Å². The molecule has 0 saturated carbocycles. The number of rotatable bonds is 4. The second-order valence-electron chi connectivity index (χ2n) is 6.18. The molecule has 0 saturated heterocycles. The van der Waals surface area contributed by atoms with E-state index in [0.29, 0.717) is 34.8 Å². The van der Waals surface area contributed by atoms with Crippen LogP contribution in [0.15, 0.2) is 46.0 Å². The number of benzene rings is 1. The van der Waals surface area contributed by atoms with Gasteiger partial charge in [-0.15, -0.1) is 0 Å². The third kappa shape index (κ3) is 2.95. The molecule has 0 aliphatic carbocycles. The highest BCUT2D eigenvalue weighted by Gasteiger charge is 2.12. The van der Waals surface area contributed by atoms with E-state index in [0.717, 1.165) is 6.42 Å². The summed E-state index contributed by atoms with van der Waals surface area (Å²) in [6.07, 6.45) is 0.795. The van der Waals surface area contributed by atoms with E-state index in [1.54, 1.807) is 36.4 Å². The third-order valence-corrected chi connectivity index (χ3v) is 3.95. The van der Waals surface area contributed by atoms with E-state index in [9.17, 15) is 14.7 Å². The maximum Gasteiger partial charge on any atom is 0.329 e. The van der Waals surface area contributed by atoms with E-state index in [4.69, 9.17) is 0 Å². The first kappa shape index (κ1) is 16.0. The standard InChI is InChI=1S/C18H19N3O3/c1-11(2)9-10-21-16-13(17(23)20-18(21)24)7-8-14(19-16)12-5-3-4-6-15(12)22/h3-8,11,22H,9-10H2,1-2H3,(H,20,23,24). The van der Waals surface area contributed by atoms with Crippen LogP contribution in [-0.4, -0.2) is 19.6 Å². The Hall–Kier alpha value is -2.89. The molecule has 0 unspecified atom stereocenters. The van der Waals surface area contributed by atoms with Crippen molar-refractivity contribution in [2.45, 2.75) is 26.8 Å². The Morgan fingerprint density at radius 1 is 1.17 bits per heavy atom. The van der Waals surface area contributed by atoms with Gasteiger partial charge in [0.2, 0.25) is 0 Å². The van der Waals surface area contributed by atoms with Gasteiger partial charge in [-0.3, -0.25) is 14.3 Å². The van der Waals surface area contributed by atoms with Gasteiger partial charge >= 0.3 is 5.69 Å². The average Bonchev–Trinajstić information content (AvgIpc) is 2.54. The quantitative estimate of drug-likeness (QED) is 0.771. The summed E-state index contributed by atoms with van der Waals surface area (Å²) in [5.41, 5.74) is 0.499. The van der Waals surface area contributed by atoms with Crippen molar-refractivity contribution in [3.05, 3.63) is 57.2 Å². The van der Waals surface area contributed by atoms with Gasteiger partial charge in [0.1, 0.15) is 11.4 Å². The zero-order valence-corrected chi connectivity index (χ0v) is 13.6. The normalized spacial score (nSPS) is 11.3. The Bertz CT molecular complexity index is 1000. The Balaban J connectivity index is 2.23. The number of phenolic OH excluding ortho intramolecular Hbond substituents is 1. The lowest BCUT2D eigenvalue weighted by Crippen LogP contribution is -2.31. The second kappa shape index (κ2) is 6.31. The molecule has 0 radical (unpaired) electrons. The first-order chi connectivity index (χ1) is 11.5. The van der Waals surface area contributed by atoms with Gasteiger partial charge in [0.05, 0.1) is 11.1 Å². The van der Waals surface area contributed by atoms with E-state index in [1.807, 2.05) is 0 Å². The van der Waals surface area contributed by atoms with Crippen LogP contribution in [0.2, 0.25) is 0 Å². The first-order valence-electron chi connectivity index (χ1n) is 7.89. The van der Waals surface area contributed by atoms with Crippen molar-refractivity contribution in [2.75, 3.05) is 0 Å². The van der Waals surface area contributed by atoms with Gasteiger partial charge in [-0.1, -0.05) is 26.0 Å². The molecule has 0 atom stereocenters. The van der Waals surface area contributed by atoms with Crippen LogP contribution in [0.3, 0.4) is 0 Å². The summed E-state index contributed by atoms with van der Waals surface area (Å²) in [4.78, 5) is 31.1. The molecule has 6 heteroatoms. The molecule has 3 rings (SSSR count). The van der Waals surface area contributed by atoms with E-state index in [-0.39, 0.29) is 5.75 Å². The van der Waals surface area contributed by atoms with Crippen LogP contribution in [0.25, 0.3) is 22.3 Å². The van der Waals surface area contributed by atoms with Gasteiger partial charge in [-0.05, 0) is 36.6 Å². The van der Waals surface area contributed by atoms with Crippen LogP contribution >= 0.6 is 0 Å².